The molecule has 0 heterocycles. The zero-order valence-corrected chi connectivity index (χ0v) is 10.5. The number of ketones is 1. The molecule has 0 spiro atoms. The summed E-state index contributed by atoms with van der Waals surface area (Å²) in [5.41, 5.74) is -1.89. The fourth-order valence-electron chi connectivity index (χ4n) is 1.29. The molecule has 0 amide bonds. The van der Waals surface area contributed by atoms with Crippen LogP contribution in [0.1, 0.15) is 20.7 Å². The molecule has 3 nitrogen and oxygen atoms in total. The minimum atomic E-state index is -6.07. The fraction of sp³-hybridized carbons (Fsp3) is 0.273. The quantitative estimate of drug-likeness (QED) is 0.487. The highest BCUT2D eigenvalue weighted by atomic mass is 35.5. The number of hydrogen-bond donors (Lipinski definition) is 0. The number of methoxy groups -OCH3 is 1. The van der Waals surface area contributed by atoms with Crippen LogP contribution in [0.5, 0.6) is 0 Å². The molecule has 0 bridgehead atoms. The monoisotopic (exact) mass is 316 g/mol. The summed E-state index contributed by atoms with van der Waals surface area (Å²) in [6.45, 7) is 0. The minimum Gasteiger partial charge on any atom is -0.465 e. The van der Waals surface area contributed by atoms with E-state index < -0.39 is 35.0 Å². The third kappa shape index (κ3) is 2.90. The van der Waals surface area contributed by atoms with E-state index in [9.17, 15) is 31.5 Å². The standard InChI is InChI=1S/C11H6ClF5O3/c1-20-9(19)7-4-5(12)2-3-6(7)8(18)10(13,14)11(15,16)17/h2-4H,1H3. The number of carbonyl (C=O) groups excluding carboxylic acids is 2. The third-order valence-corrected chi connectivity index (χ3v) is 2.51. The van der Waals surface area contributed by atoms with E-state index in [0.29, 0.717) is 6.07 Å². The number of Topliss-reactive ketones (excluding diaryl/α,β-unsaturated/α-hetero) is 1. The molecular weight excluding hydrogens is 311 g/mol. The topological polar surface area (TPSA) is 43.4 Å². The summed E-state index contributed by atoms with van der Waals surface area (Å²) in [5, 5.41) is -0.128. The van der Waals surface area contributed by atoms with Gasteiger partial charge in [-0.15, -0.1) is 0 Å². The predicted molar refractivity (Wildman–Crippen MR) is 58.1 cm³/mol. The van der Waals surface area contributed by atoms with Crippen LogP contribution in [0.3, 0.4) is 0 Å². The van der Waals surface area contributed by atoms with Gasteiger partial charge >= 0.3 is 18.1 Å². The van der Waals surface area contributed by atoms with Crippen LogP contribution in [0.2, 0.25) is 5.02 Å². The fourth-order valence-corrected chi connectivity index (χ4v) is 1.46. The molecule has 0 aliphatic carbocycles. The van der Waals surface area contributed by atoms with Crippen molar-refractivity contribution in [3.05, 3.63) is 34.3 Å². The van der Waals surface area contributed by atoms with Gasteiger partial charge in [0.15, 0.2) is 0 Å². The molecule has 0 aliphatic rings. The normalized spacial score (nSPS) is 12.2. The summed E-state index contributed by atoms with van der Waals surface area (Å²) in [4.78, 5) is 22.7. The van der Waals surface area contributed by atoms with E-state index in [1.807, 2.05) is 0 Å². The Morgan fingerprint density at radius 2 is 1.65 bits per heavy atom. The largest absolute Gasteiger partial charge is 0.465 e. The molecule has 20 heavy (non-hydrogen) atoms. The van der Waals surface area contributed by atoms with E-state index in [-0.39, 0.29) is 5.02 Å². The highest BCUT2D eigenvalue weighted by Gasteiger charge is 2.63. The van der Waals surface area contributed by atoms with Crippen molar-refractivity contribution in [1.82, 2.24) is 0 Å². The predicted octanol–water partition coefficient (Wildman–Crippen LogP) is 3.51. The summed E-state index contributed by atoms with van der Waals surface area (Å²) in [6.07, 6.45) is -6.07. The average Bonchev–Trinajstić information content (AvgIpc) is 2.35. The maximum atomic E-state index is 13.0. The van der Waals surface area contributed by atoms with Crippen molar-refractivity contribution < 1.29 is 36.3 Å². The van der Waals surface area contributed by atoms with Gasteiger partial charge in [0.05, 0.1) is 12.7 Å². The molecule has 1 aromatic carbocycles. The molecule has 110 valence electrons. The summed E-state index contributed by atoms with van der Waals surface area (Å²) in [7, 11) is 0.874. The Morgan fingerprint density at radius 3 is 2.10 bits per heavy atom. The maximum absolute atomic E-state index is 13.0. The number of benzene rings is 1. The van der Waals surface area contributed by atoms with Crippen molar-refractivity contribution in [2.24, 2.45) is 0 Å². The van der Waals surface area contributed by atoms with Gasteiger partial charge in [-0.05, 0) is 18.2 Å². The van der Waals surface area contributed by atoms with E-state index in [1.54, 1.807) is 0 Å². The Balaban J connectivity index is 3.41. The van der Waals surface area contributed by atoms with Gasteiger partial charge in [-0.2, -0.15) is 22.0 Å². The number of esters is 1. The Hall–Kier alpha value is -1.70. The van der Waals surface area contributed by atoms with Crippen LogP contribution in [0, 0.1) is 0 Å². The second kappa shape index (κ2) is 5.35. The van der Waals surface area contributed by atoms with Gasteiger partial charge in [-0.3, -0.25) is 4.79 Å². The van der Waals surface area contributed by atoms with Crippen molar-refractivity contribution in [3.8, 4) is 0 Å². The van der Waals surface area contributed by atoms with Crippen molar-refractivity contribution in [2.45, 2.75) is 12.1 Å². The average molecular weight is 317 g/mol. The summed E-state index contributed by atoms with van der Waals surface area (Å²) >= 11 is 5.50. The first-order chi connectivity index (χ1) is 9.02. The lowest BCUT2D eigenvalue weighted by Gasteiger charge is -2.19. The Morgan fingerprint density at radius 1 is 1.10 bits per heavy atom. The Bertz CT molecular complexity index is 553. The molecule has 0 aliphatic heterocycles. The molecule has 0 saturated carbocycles. The van der Waals surface area contributed by atoms with Gasteiger partial charge in [-0.1, -0.05) is 11.6 Å². The Kier molecular flexibility index (Phi) is 4.38. The molecule has 1 aromatic rings. The van der Waals surface area contributed by atoms with Gasteiger partial charge < -0.3 is 4.74 Å². The van der Waals surface area contributed by atoms with Crippen LogP contribution in [0.15, 0.2) is 18.2 Å². The first-order valence-electron chi connectivity index (χ1n) is 4.89. The number of rotatable bonds is 3. The van der Waals surface area contributed by atoms with Crippen LogP contribution in [0.25, 0.3) is 0 Å². The zero-order valence-electron chi connectivity index (χ0n) is 9.72. The van der Waals surface area contributed by atoms with Gasteiger partial charge in [-0.25, -0.2) is 4.79 Å². The number of carbonyl (C=O) groups is 2. The van der Waals surface area contributed by atoms with E-state index in [1.165, 1.54) is 0 Å². The van der Waals surface area contributed by atoms with Crippen molar-refractivity contribution >= 4 is 23.4 Å². The van der Waals surface area contributed by atoms with Gasteiger partial charge in [0.1, 0.15) is 0 Å². The number of ether oxygens (including phenoxy) is 1. The first kappa shape index (κ1) is 16.4. The van der Waals surface area contributed by atoms with Crippen molar-refractivity contribution in [3.63, 3.8) is 0 Å². The van der Waals surface area contributed by atoms with Gasteiger partial charge in [0, 0.05) is 10.6 Å². The summed E-state index contributed by atoms with van der Waals surface area (Å²) in [5.74, 6) is -9.43. The highest BCUT2D eigenvalue weighted by molar-refractivity contribution is 6.31. The number of alkyl halides is 5. The number of hydrogen-bond acceptors (Lipinski definition) is 3. The first-order valence-corrected chi connectivity index (χ1v) is 5.27. The van der Waals surface area contributed by atoms with Crippen molar-refractivity contribution in [2.75, 3.05) is 7.11 Å². The molecule has 0 radical (unpaired) electrons. The molecule has 0 atom stereocenters. The smallest absolute Gasteiger partial charge is 0.461 e. The lowest BCUT2D eigenvalue weighted by atomic mass is 9.99. The van der Waals surface area contributed by atoms with E-state index >= 15 is 0 Å². The van der Waals surface area contributed by atoms with Crippen LogP contribution >= 0.6 is 11.6 Å². The molecule has 0 saturated heterocycles. The van der Waals surface area contributed by atoms with Gasteiger partial charge in [0.25, 0.3) is 0 Å². The highest BCUT2D eigenvalue weighted by Crippen LogP contribution is 2.38. The minimum absolute atomic E-state index is 0.128. The SMILES string of the molecule is COC(=O)c1cc(Cl)ccc1C(=O)C(F)(F)C(F)(F)F. The van der Waals surface area contributed by atoms with E-state index in [2.05, 4.69) is 4.74 Å². The lowest BCUT2D eigenvalue weighted by molar-refractivity contribution is -0.255. The van der Waals surface area contributed by atoms with Crippen LogP contribution in [-0.2, 0) is 4.74 Å². The summed E-state index contributed by atoms with van der Waals surface area (Å²) in [6, 6.07) is 2.29. The third-order valence-electron chi connectivity index (χ3n) is 2.27. The second-order valence-corrected chi connectivity index (χ2v) is 4.02. The molecule has 0 unspecified atom stereocenters. The van der Waals surface area contributed by atoms with Crippen molar-refractivity contribution in [1.29, 1.82) is 0 Å². The van der Waals surface area contributed by atoms with Gasteiger partial charge in [0.2, 0.25) is 5.78 Å². The van der Waals surface area contributed by atoms with E-state index in [0.717, 1.165) is 19.2 Å². The molecule has 1 rings (SSSR count). The Labute approximate surface area is 114 Å². The second-order valence-electron chi connectivity index (χ2n) is 3.58. The molecule has 0 aromatic heterocycles. The van der Waals surface area contributed by atoms with Crippen LogP contribution in [-0.4, -0.2) is 31.0 Å². The summed E-state index contributed by atoms with van der Waals surface area (Å²) < 4.78 is 66.7. The van der Waals surface area contributed by atoms with Crippen LogP contribution in [0.4, 0.5) is 22.0 Å². The molecule has 0 fully saturated rings. The number of halogens is 6. The maximum Gasteiger partial charge on any atom is 0.461 e. The molecular formula is C11H6ClF5O3. The van der Waals surface area contributed by atoms with E-state index in [4.69, 9.17) is 11.6 Å². The lowest BCUT2D eigenvalue weighted by Crippen LogP contribution is -2.44. The molecule has 9 heteroatoms. The molecule has 0 N–H and O–H groups in total. The zero-order chi connectivity index (χ0) is 15.7. The van der Waals surface area contributed by atoms with Crippen LogP contribution < -0.4 is 0 Å².